The molecular formula is C13H7F4NO2. The van der Waals surface area contributed by atoms with E-state index in [9.17, 15) is 22.4 Å². The van der Waals surface area contributed by atoms with Gasteiger partial charge in [0, 0.05) is 29.0 Å². The minimum atomic E-state index is -4.87. The molecule has 0 bridgehead atoms. The molecule has 104 valence electrons. The lowest BCUT2D eigenvalue weighted by molar-refractivity contribution is -0.274. The van der Waals surface area contributed by atoms with Gasteiger partial charge in [0.1, 0.15) is 5.75 Å². The number of carbonyl (C=O) groups excluding carboxylic acids is 1. The van der Waals surface area contributed by atoms with Crippen LogP contribution in [0.15, 0.2) is 36.5 Å². The van der Waals surface area contributed by atoms with Crippen LogP contribution >= 0.6 is 0 Å². The van der Waals surface area contributed by atoms with Gasteiger partial charge in [-0.1, -0.05) is 18.2 Å². The molecular weight excluding hydrogens is 278 g/mol. The summed E-state index contributed by atoms with van der Waals surface area (Å²) in [4.78, 5) is 14.2. The van der Waals surface area contributed by atoms with Gasteiger partial charge < -0.3 is 4.74 Å². The quantitative estimate of drug-likeness (QED) is 0.491. The Kier molecular flexibility index (Phi) is 3.69. The molecule has 0 aliphatic carbocycles. The van der Waals surface area contributed by atoms with E-state index in [2.05, 4.69) is 9.72 Å². The van der Waals surface area contributed by atoms with E-state index in [1.54, 1.807) is 0 Å². The van der Waals surface area contributed by atoms with Gasteiger partial charge in [-0.3, -0.25) is 4.79 Å². The zero-order valence-corrected chi connectivity index (χ0v) is 9.82. The van der Waals surface area contributed by atoms with E-state index in [0.29, 0.717) is 6.29 Å². The second kappa shape index (κ2) is 5.28. The summed E-state index contributed by atoms with van der Waals surface area (Å²) in [5.41, 5.74) is -0.0589. The van der Waals surface area contributed by atoms with E-state index in [1.807, 2.05) is 0 Å². The predicted molar refractivity (Wildman–Crippen MR) is 61.7 cm³/mol. The Balaban J connectivity index is 2.56. The predicted octanol–water partition coefficient (Wildman–Crippen LogP) is 3.60. The number of halogens is 4. The maximum absolute atomic E-state index is 12.9. The molecule has 0 aliphatic heterocycles. The largest absolute Gasteiger partial charge is 0.573 e. The summed E-state index contributed by atoms with van der Waals surface area (Å²) < 4.78 is 53.8. The molecule has 0 saturated carbocycles. The molecule has 0 fully saturated rings. The van der Waals surface area contributed by atoms with Crippen molar-refractivity contribution in [2.75, 3.05) is 0 Å². The first-order chi connectivity index (χ1) is 9.40. The number of aromatic nitrogens is 1. The Hall–Kier alpha value is -2.44. The highest BCUT2D eigenvalue weighted by atomic mass is 19.4. The van der Waals surface area contributed by atoms with E-state index < -0.39 is 18.1 Å². The topological polar surface area (TPSA) is 39.2 Å². The van der Waals surface area contributed by atoms with Crippen molar-refractivity contribution in [2.24, 2.45) is 0 Å². The molecule has 3 nitrogen and oxygen atoms in total. The van der Waals surface area contributed by atoms with Crippen LogP contribution in [0.1, 0.15) is 10.4 Å². The van der Waals surface area contributed by atoms with Crippen LogP contribution in [0, 0.1) is 5.95 Å². The maximum Gasteiger partial charge on any atom is 0.573 e. The van der Waals surface area contributed by atoms with Crippen molar-refractivity contribution in [2.45, 2.75) is 6.36 Å². The molecule has 1 aromatic heterocycles. The standard InChI is InChI=1S/C13H7F4NO2/c14-12-5-8(7-19)10(6-18-12)9-3-1-2-4-11(9)20-13(15,16)17/h1-7H. The molecule has 0 spiro atoms. The van der Waals surface area contributed by atoms with Gasteiger partial charge in [-0.15, -0.1) is 13.2 Å². The number of hydrogen-bond donors (Lipinski definition) is 0. The number of ether oxygens (including phenoxy) is 1. The van der Waals surface area contributed by atoms with E-state index in [0.717, 1.165) is 18.3 Å². The van der Waals surface area contributed by atoms with E-state index in [1.165, 1.54) is 18.2 Å². The van der Waals surface area contributed by atoms with E-state index in [4.69, 9.17) is 0 Å². The lowest BCUT2D eigenvalue weighted by Gasteiger charge is -2.14. The Morgan fingerprint density at radius 1 is 1.15 bits per heavy atom. The third-order valence-corrected chi connectivity index (χ3v) is 2.43. The van der Waals surface area contributed by atoms with Crippen LogP contribution < -0.4 is 4.74 Å². The molecule has 20 heavy (non-hydrogen) atoms. The first kappa shape index (κ1) is 14.0. The third kappa shape index (κ3) is 3.11. The normalized spacial score (nSPS) is 11.2. The lowest BCUT2D eigenvalue weighted by atomic mass is 10.0. The van der Waals surface area contributed by atoms with Gasteiger partial charge in [0.25, 0.3) is 0 Å². The van der Waals surface area contributed by atoms with Crippen LogP contribution in [-0.4, -0.2) is 17.6 Å². The third-order valence-electron chi connectivity index (χ3n) is 2.43. The number of carbonyl (C=O) groups is 1. The Bertz CT molecular complexity index is 641. The van der Waals surface area contributed by atoms with Gasteiger partial charge in [-0.25, -0.2) is 4.98 Å². The van der Waals surface area contributed by atoms with Crippen LogP contribution in [0.5, 0.6) is 5.75 Å². The fourth-order valence-electron chi connectivity index (χ4n) is 1.67. The second-order valence-corrected chi connectivity index (χ2v) is 3.76. The summed E-state index contributed by atoms with van der Waals surface area (Å²) in [5, 5.41) is 0. The van der Waals surface area contributed by atoms with Crippen molar-refractivity contribution in [1.82, 2.24) is 4.98 Å². The van der Waals surface area contributed by atoms with Gasteiger partial charge in [0.05, 0.1) is 0 Å². The van der Waals surface area contributed by atoms with Crippen molar-refractivity contribution in [1.29, 1.82) is 0 Å². The molecule has 0 N–H and O–H groups in total. The number of pyridine rings is 1. The fourth-order valence-corrected chi connectivity index (χ4v) is 1.67. The SMILES string of the molecule is O=Cc1cc(F)ncc1-c1ccccc1OC(F)(F)F. The smallest absolute Gasteiger partial charge is 0.405 e. The number of nitrogens with zero attached hydrogens (tertiary/aromatic N) is 1. The summed E-state index contributed by atoms with van der Waals surface area (Å²) in [7, 11) is 0. The minimum absolute atomic E-state index is 0.000532. The van der Waals surface area contributed by atoms with Crippen molar-refractivity contribution in [3.8, 4) is 16.9 Å². The second-order valence-electron chi connectivity index (χ2n) is 3.76. The Morgan fingerprint density at radius 3 is 2.50 bits per heavy atom. The molecule has 2 rings (SSSR count). The highest BCUT2D eigenvalue weighted by molar-refractivity contribution is 5.88. The monoisotopic (exact) mass is 285 g/mol. The number of benzene rings is 1. The highest BCUT2D eigenvalue weighted by Crippen LogP contribution is 2.34. The van der Waals surface area contributed by atoms with Crippen LogP contribution in [0.3, 0.4) is 0 Å². The van der Waals surface area contributed by atoms with Crippen molar-refractivity contribution >= 4 is 6.29 Å². The zero-order valence-electron chi connectivity index (χ0n) is 9.82. The Labute approximate surface area is 110 Å². The molecule has 7 heteroatoms. The van der Waals surface area contributed by atoms with Crippen molar-refractivity contribution in [3.63, 3.8) is 0 Å². The van der Waals surface area contributed by atoms with Crippen LogP contribution in [0.2, 0.25) is 0 Å². The molecule has 0 radical (unpaired) electrons. The lowest BCUT2D eigenvalue weighted by Crippen LogP contribution is -2.17. The average Bonchev–Trinajstić information content (AvgIpc) is 2.38. The summed E-state index contributed by atoms with van der Waals surface area (Å²) >= 11 is 0. The van der Waals surface area contributed by atoms with E-state index in [-0.39, 0.29) is 16.7 Å². The van der Waals surface area contributed by atoms with Gasteiger partial charge >= 0.3 is 6.36 Å². The zero-order chi connectivity index (χ0) is 14.8. The summed E-state index contributed by atoms with van der Waals surface area (Å²) in [5.74, 6) is -1.39. The molecule has 0 amide bonds. The number of hydrogen-bond acceptors (Lipinski definition) is 3. The van der Waals surface area contributed by atoms with Gasteiger partial charge in [-0.05, 0) is 6.07 Å². The number of alkyl halides is 3. The fraction of sp³-hybridized carbons (Fsp3) is 0.0769. The number of aldehydes is 1. The molecule has 1 aromatic carbocycles. The Morgan fingerprint density at radius 2 is 1.85 bits per heavy atom. The van der Waals surface area contributed by atoms with Crippen LogP contribution in [-0.2, 0) is 0 Å². The average molecular weight is 285 g/mol. The van der Waals surface area contributed by atoms with Crippen molar-refractivity contribution < 1.29 is 27.1 Å². The van der Waals surface area contributed by atoms with E-state index >= 15 is 0 Å². The summed E-state index contributed by atoms with van der Waals surface area (Å²) in [6, 6.07) is 6.08. The first-order valence-electron chi connectivity index (χ1n) is 5.36. The molecule has 0 aliphatic rings. The summed E-state index contributed by atoms with van der Waals surface area (Å²) in [6.07, 6.45) is -3.55. The minimum Gasteiger partial charge on any atom is -0.405 e. The summed E-state index contributed by atoms with van der Waals surface area (Å²) in [6.45, 7) is 0. The van der Waals surface area contributed by atoms with Crippen LogP contribution in [0.4, 0.5) is 17.6 Å². The first-order valence-corrected chi connectivity index (χ1v) is 5.36. The molecule has 0 saturated heterocycles. The molecule has 0 unspecified atom stereocenters. The van der Waals surface area contributed by atoms with Gasteiger partial charge in [0.2, 0.25) is 5.95 Å². The highest BCUT2D eigenvalue weighted by Gasteiger charge is 2.32. The number of para-hydroxylation sites is 1. The number of rotatable bonds is 3. The molecule has 2 aromatic rings. The van der Waals surface area contributed by atoms with Crippen molar-refractivity contribution in [3.05, 3.63) is 48.0 Å². The maximum atomic E-state index is 12.9. The molecule has 0 atom stereocenters. The van der Waals surface area contributed by atoms with Gasteiger partial charge in [-0.2, -0.15) is 4.39 Å². The molecule has 1 heterocycles. The van der Waals surface area contributed by atoms with Crippen LogP contribution in [0.25, 0.3) is 11.1 Å². The van der Waals surface area contributed by atoms with Gasteiger partial charge in [0.15, 0.2) is 6.29 Å².